The van der Waals surface area contributed by atoms with E-state index in [1.165, 1.54) is 0 Å². The molecule has 1 N–H and O–H groups in total. The van der Waals surface area contributed by atoms with Crippen LogP contribution in [-0.4, -0.2) is 34.4 Å². The molecule has 116 valence electrons. The molecule has 4 atom stereocenters. The van der Waals surface area contributed by atoms with E-state index in [1.807, 2.05) is 17.8 Å². The average molecular weight is 291 g/mol. The van der Waals surface area contributed by atoms with Crippen LogP contribution in [0, 0.1) is 18.8 Å². The van der Waals surface area contributed by atoms with Crippen LogP contribution in [0.25, 0.3) is 0 Å². The van der Waals surface area contributed by atoms with Crippen molar-refractivity contribution in [1.82, 2.24) is 15.1 Å². The highest BCUT2D eigenvalue weighted by Crippen LogP contribution is 2.45. The standard InChI is InChI=1S/C16H25N3O2/c1-4-7-19-9-13(10(3)18-19)16(20)17-14-11(5-2)15-12(14)6-8-21-15/h9,11-12,14-15H,4-8H2,1-3H3,(H,17,20)/t11-,12+,14-,15-/m1/s1. The molecule has 5 nitrogen and oxygen atoms in total. The van der Waals surface area contributed by atoms with E-state index in [-0.39, 0.29) is 11.9 Å². The zero-order chi connectivity index (χ0) is 15.0. The second-order valence-electron chi connectivity index (χ2n) is 6.25. The van der Waals surface area contributed by atoms with Gasteiger partial charge in [-0.1, -0.05) is 13.8 Å². The van der Waals surface area contributed by atoms with Gasteiger partial charge in [-0.25, -0.2) is 0 Å². The van der Waals surface area contributed by atoms with Crippen LogP contribution in [0.15, 0.2) is 6.20 Å². The van der Waals surface area contributed by atoms with Gasteiger partial charge in [0.1, 0.15) is 0 Å². The van der Waals surface area contributed by atoms with E-state index >= 15 is 0 Å². The van der Waals surface area contributed by atoms with Crippen LogP contribution in [0.3, 0.4) is 0 Å². The van der Waals surface area contributed by atoms with Crippen LogP contribution in [0.2, 0.25) is 0 Å². The predicted molar refractivity (Wildman–Crippen MR) is 80.1 cm³/mol. The fourth-order valence-electron chi connectivity index (χ4n) is 3.84. The first kappa shape index (κ1) is 14.6. The highest BCUT2D eigenvalue weighted by molar-refractivity contribution is 5.95. The van der Waals surface area contributed by atoms with Crippen molar-refractivity contribution in [3.63, 3.8) is 0 Å². The number of carbonyl (C=O) groups is 1. The van der Waals surface area contributed by atoms with E-state index in [2.05, 4.69) is 24.3 Å². The second-order valence-corrected chi connectivity index (χ2v) is 6.25. The molecule has 3 rings (SSSR count). The molecule has 2 heterocycles. The minimum atomic E-state index is 0.0173. The van der Waals surface area contributed by atoms with E-state index in [0.29, 0.717) is 23.5 Å². The Balaban J connectivity index is 1.68. The third-order valence-corrected chi connectivity index (χ3v) is 4.94. The minimum Gasteiger partial charge on any atom is -0.377 e. The topological polar surface area (TPSA) is 56.2 Å². The van der Waals surface area contributed by atoms with Crippen LogP contribution >= 0.6 is 0 Å². The van der Waals surface area contributed by atoms with Gasteiger partial charge in [-0.15, -0.1) is 0 Å². The van der Waals surface area contributed by atoms with Crippen molar-refractivity contribution in [2.45, 2.75) is 58.7 Å². The van der Waals surface area contributed by atoms with Gasteiger partial charge in [-0.2, -0.15) is 5.10 Å². The van der Waals surface area contributed by atoms with Crippen molar-refractivity contribution < 1.29 is 9.53 Å². The van der Waals surface area contributed by atoms with Gasteiger partial charge in [0.15, 0.2) is 0 Å². The Hall–Kier alpha value is -1.36. The molecule has 2 aliphatic rings. The molecule has 0 bridgehead atoms. The van der Waals surface area contributed by atoms with E-state index in [9.17, 15) is 4.79 Å². The molecule has 1 amide bonds. The van der Waals surface area contributed by atoms with Crippen molar-refractivity contribution >= 4 is 5.91 Å². The van der Waals surface area contributed by atoms with E-state index in [4.69, 9.17) is 4.74 Å². The molecule has 0 aromatic carbocycles. The Labute approximate surface area is 126 Å². The summed E-state index contributed by atoms with van der Waals surface area (Å²) in [5.74, 6) is 0.987. The predicted octanol–water partition coefficient (Wildman–Crippen LogP) is 2.14. The SMILES string of the molecule is CCCn1cc(C(=O)N[C@@H]2[C@@H](CC)[C@H]3OCC[C@@H]23)c(C)n1. The number of aryl methyl sites for hydroxylation is 2. The number of hydrogen-bond acceptors (Lipinski definition) is 3. The van der Waals surface area contributed by atoms with Crippen LogP contribution in [-0.2, 0) is 11.3 Å². The van der Waals surface area contributed by atoms with Gasteiger partial charge in [0.25, 0.3) is 5.91 Å². The molecule has 1 saturated carbocycles. The summed E-state index contributed by atoms with van der Waals surface area (Å²) in [6.45, 7) is 7.88. The molecule has 0 spiro atoms. The van der Waals surface area contributed by atoms with Crippen molar-refractivity contribution in [3.8, 4) is 0 Å². The number of amides is 1. The first-order chi connectivity index (χ1) is 10.2. The van der Waals surface area contributed by atoms with Gasteiger partial charge < -0.3 is 10.1 Å². The lowest BCUT2D eigenvalue weighted by atomic mass is 9.65. The lowest BCUT2D eigenvalue weighted by Gasteiger charge is -2.47. The smallest absolute Gasteiger partial charge is 0.254 e. The molecular weight excluding hydrogens is 266 g/mol. The molecular formula is C16H25N3O2. The van der Waals surface area contributed by atoms with Gasteiger partial charge in [0, 0.05) is 37.2 Å². The summed E-state index contributed by atoms with van der Waals surface area (Å²) in [5, 5.41) is 7.64. The Morgan fingerprint density at radius 1 is 1.52 bits per heavy atom. The number of hydrogen-bond donors (Lipinski definition) is 1. The first-order valence-electron chi connectivity index (χ1n) is 8.12. The number of nitrogens with zero attached hydrogens (tertiary/aromatic N) is 2. The summed E-state index contributed by atoms with van der Waals surface area (Å²) in [6, 6.07) is 0.268. The van der Waals surface area contributed by atoms with Gasteiger partial charge in [0.05, 0.1) is 17.4 Å². The Bertz CT molecular complexity index is 526. The number of carbonyl (C=O) groups excluding carboxylic acids is 1. The Kier molecular flexibility index (Phi) is 4.02. The molecule has 1 aliphatic heterocycles. The first-order valence-corrected chi connectivity index (χ1v) is 8.12. The molecule has 1 aliphatic carbocycles. The average Bonchev–Trinajstić information content (AvgIpc) is 3.02. The monoisotopic (exact) mass is 291 g/mol. The number of rotatable bonds is 5. The summed E-state index contributed by atoms with van der Waals surface area (Å²) < 4.78 is 7.63. The largest absolute Gasteiger partial charge is 0.377 e. The Morgan fingerprint density at radius 3 is 3.05 bits per heavy atom. The highest BCUT2D eigenvalue weighted by atomic mass is 16.5. The fourth-order valence-corrected chi connectivity index (χ4v) is 3.84. The van der Waals surface area contributed by atoms with Gasteiger partial charge in [-0.3, -0.25) is 9.48 Å². The zero-order valence-electron chi connectivity index (χ0n) is 13.1. The number of ether oxygens (including phenoxy) is 1. The van der Waals surface area contributed by atoms with Gasteiger partial charge in [0.2, 0.25) is 0 Å². The molecule has 1 aromatic heterocycles. The minimum absolute atomic E-state index is 0.0173. The van der Waals surface area contributed by atoms with E-state index < -0.39 is 0 Å². The van der Waals surface area contributed by atoms with Crippen molar-refractivity contribution in [1.29, 1.82) is 0 Å². The fraction of sp³-hybridized carbons (Fsp3) is 0.750. The van der Waals surface area contributed by atoms with Gasteiger partial charge >= 0.3 is 0 Å². The Morgan fingerprint density at radius 2 is 2.33 bits per heavy atom. The summed E-state index contributed by atoms with van der Waals surface area (Å²) >= 11 is 0. The van der Waals surface area contributed by atoms with E-state index in [0.717, 1.165) is 38.1 Å². The molecule has 5 heteroatoms. The van der Waals surface area contributed by atoms with Crippen molar-refractivity contribution in [2.24, 2.45) is 11.8 Å². The number of aromatic nitrogens is 2. The lowest BCUT2D eigenvalue weighted by Crippen LogP contribution is -2.61. The molecule has 2 fully saturated rings. The number of fused-ring (bicyclic) bond motifs is 1. The molecule has 0 radical (unpaired) electrons. The highest BCUT2D eigenvalue weighted by Gasteiger charge is 2.53. The zero-order valence-corrected chi connectivity index (χ0v) is 13.1. The molecule has 21 heavy (non-hydrogen) atoms. The summed E-state index contributed by atoms with van der Waals surface area (Å²) in [6.07, 6.45) is 5.38. The maximum atomic E-state index is 12.5. The third-order valence-electron chi connectivity index (χ3n) is 4.94. The maximum absolute atomic E-state index is 12.5. The second kappa shape index (κ2) is 5.79. The normalized spacial score (nSPS) is 30.8. The quantitative estimate of drug-likeness (QED) is 0.904. The third kappa shape index (κ3) is 2.48. The van der Waals surface area contributed by atoms with Crippen LogP contribution < -0.4 is 5.32 Å². The summed E-state index contributed by atoms with van der Waals surface area (Å²) in [5.41, 5.74) is 1.52. The van der Waals surface area contributed by atoms with Crippen LogP contribution in [0.4, 0.5) is 0 Å². The van der Waals surface area contributed by atoms with E-state index in [1.54, 1.807) is 0 Å². The van der Waals surface area contributed by atoms with Crippen LogP contribution in [0.5, 0.6) is 0 Å². The number of nitrogens with one attached hydrogen (secondary N) is 1. The maximum Gasteiger partial charge on any atom is 0.254 e. The van der Waals surface area contributed by atoms with Crippen LogP contribution in [0.1, 0.15) is 49.2 Å². The molecule has 1 saturated heterocycles. The summed E-state index contributed by atoms with van der Waals surface area (Å²) in [7, 11) is 0. The molecule has 0 unspecified atom stereocenters. The van der Waals surface area contributed by atoms with Gasteiger partial charge in [-0.05, 0) is 26.2 Å². The summed E-state index contributed by atoms with van der Waals surface area (Å²) in [4.78, 5) is 12.5. The molecule has 1 aromatic rings. The lowest BCUT2D eigenvalue weighted by molar-refractivity contribution is -0.0545. The van der Waals surface area contributed by atoms with Crippen molar-refractivity contribution in [2.75, 3.05) is 6.61 Å². The van der Waals surface area contributed by atoms with Crippen molar-refractivity contribution in [3.05, 3.63) is 17.5 Å².